The zero-order valence-electron chi connectivity index (χ0n) is 23.4. The topological polar surface area (TPSA) is 195 Å². The van der Waals surface area contributed by atoms with Crippen LogP contribution in [0.25, 0.3) is 0 Å². The van der Waals surface area contributed by atoms with Crippen LogP contribution in [-0.2, 0) is 4.74 Å². The lowest BCUT2D eigenvalue weighted by atomic mass is 9.73. The predicted molar refractivity (Wildman–Crippen MR) is 147 cm³/mol. The fourth-order valence-corrected chi connectivity index (χ4v) is 5.44. The number of amides is 2. The molecule has 2 aromatic rings. The number of rotatable bonds is 8. The molecule has 1 fully saturated rings. The van der Waals surface area contributed by atoms with Gasteiger partial charge in [0.25, 0.3) is 0 Å². The number of ether oxygens (including phenoxy) is 1. The first-order chi connectivity index (χ1) is 18.5. The molecule has 218 valence electrons. The van der Waals surface area contributed by atoms with Gasteiger partial charge in [0, 0.05) is 25.3 Å². The number of urea groups is 1. The molecule has 2 amide bonds. The highest BCUT2D eigenvalue weighted by molar-refractivity contribution is 5.95. The second kappa shape index (κ2) is 11.0. The monoisotopic (exact) mass is 558 g/mol. The van der Waals surface area contributed by atoms with E-state index in [0.717, 1.165) is 0 Å². The number of aryl methyl sites for hydroxylation is 1. The van der Waals surface area contributed by atoms with Crippen molar-refractivity contribution in [1.82, 2.24) is 10.2 Å². The molecule has 1 aliphatic carbocycles. The number of carbonyl (C=O) groups is 3. The molecule has 3 rings (SSSR count). The van der Waals surface area contributed by atoms with Crippen LogP contribution in [0.5, 0.6) is 5.75 Å². The summed E-state index contributed by atoms with van der Waals surface area (Å²) in [4.78, 5) is 39.0. The summed E-state index contributed by atoms with van der Waals surface area (Å²) < 4.78 is 5.45. The Bertz CT molecular complexity index is 1280. The van der Waals surface area contributed by atoms with Crippen molar-refractivity contribution in [2.75, 3.05) is 26.0 Å². The third kappa shape index (κ3) is 4.99. The molecule has 0 saturated heterocycles. The first-order valence-electron chi connectivity index (χ1n) is 12.7. The maximum atomic E-state index is 13.0. The molecule has 0 aliphatic heterocycles. The molecule has 0 bridgehead atoms. The van der Waals surface area contributed by atoms with Crippen LogP contribution < -0.4 is 16.4 Å². The molecular formula is C28H38N4O8. The second-order valence-corrected chi connectivity index (χ2v) is 10.7. The molecule has 40 heavy (non-hydrogen) atoms. The van der Waals surface area contributed by atoms with E-state index < -0.39 is 53.5 Å². The van der Waals surface area contributed by atoms with Gasteiger partial charge in [0.2, 0.25) is 0 Å². The van der Waals surface area contributed by atoms with Gasteiger partial charge in [-0.3, -0.25) is 4.79 Å². The lowest BCUT2D eigenvalue weighted by molar-refractivity contribution is -0.186. The molecule has 1 saturated carbocycles. The van der Waals surface area contributed by atoms with Gasteiger partial charge in [-0.05, 0) is 51.5 Å². The van der Waals surface area contributed by atoms with Crippen LogP contribution in [0.1, 0.15) is 47.1 Å². The Morgan fingerprint density at radius 3 is 2.33 bits per heavy atom. The number of benzene rings is 2. The molecule has 1 aliphatic rings. The van der Waals surface area contributed by atoms with Gasteiger partial charge in [-0.2, -0.15) is 0 Å². The number of phenolic OH excluding ortho intramolecular Hbond substituents is 1. The van der Waals surface area contributed by atoms with Gasteiger partial charge >= 0.3 is 12.0 Å². The van der Waals surface area contributed by atoms with E-state index in [1.807, 2.05) is 0 Å². The third-order valence-electron chi connectivity index (χ3n) is 7.90. The molecule has 2 aromatic carbocycles. The smallest absolute Gasteiger partial charge is 0.342 e. The molecule has 0 spiro atoms. The molecule has 0 radical (unpaired) electrons. The standard InChI is InChI=1S/C28H38N4O8/c1-15-9-7-12-20(35)21(15)24(36)40-14-27(39)23(30-19-11-8-10-18(13-19)16(2)33)22(29)28(17(3)34,26(27,4)38)31-25(37)32(5)6/h7-13,17,22-23,30,34-35,38-39H,14,29H2,1-6H3,(H,31,37)/t17-,22+,23+,26+,27+,28-/m1/s1. The Kier molecular flexibility index (Phi) is 8.51. The lowest BCUT2D eigenvalue weighted by Crippen LogP contribution is -2.76. The first-order valence-corrected chi connectivity index (χ1v) is 12.7. The van der Waals surface area contributed by atoms with Crippen molar-refractivity contribution in [2.24, 2.45) is 5.73 Å². The third-order valence-corrected chi connectivity index (χ3v) is 7.90. The summed E-state index contributed by atoms with van der Waals surface area (Å²) in [7, 11) is 2.90. The molecule has 0 unspecified atom stereocenters. The van der Waals surface area contributed by atoms with E-state index in [4.69, 9.17) is 10.5 Å². The number of esters is 1. The maximum Gasteiger partial charge on any atom is 0.342 e. The van der Waals surface area contributed by atoms with E-state index in [1.165, 1.54) is 51.9 Å². The number of ketones is 1. The number of aromatic hydroxyl groups is 1. The van der Waals surface area contributed by atoms with Crippen LogP contribution in [0.2, 0.25) is 0 Å². The molecule has 12 heteroatoms. The van der Waals surface area contributed by atoms with E-state index in [-0.39, 0.29) is 17.1 Å². The van der Waals surface area contributed by atoms with Crippen molar-refractivity contribution in [1.29, 1.82) is 0 Å². The number of hydrogen-bond donors (Lipinski definition) is 7. The van der Waals surface area contributed by atoms with Gasteiger partial charge in [-0.25, -0.2) is 9.59 Å². The minimum atomic E-state index is -2.43. The van der Waals surface area contributed by atoms with Crippen LogP contribution >= 0.6 is 0 Å². The highest BCUT2D eigenvalue weighted by atomic mass is 16.5. The minimum absolute atomic E-state index is 0.130. The summed E-state index contributed by atoms with van der Waals surface area (Å²) in [5.74, 6) is -1.53. The molecular weight excluding hydrogens is 520 g/mol. The first kappa shape index (κ1) is 30.8. The van der Waals surface area contributed by atoms with Crippen molar-refractivity contribution in [3.05, 3.63) is 59.2 Å². The number of nitrogens with zero attached hydrogens (tertiary/aromatic N) is 1. The number of hydrogen-bond acceptors (Lipinski definition) is 10. The molecule has 12 nitrogen and oxygen atoms in total. The van der Waals surface area contributed by atoms with Gasteiger partial charge in [0.05, 0.1) is 18.2 Å². The molecule has 0 aromatic heterocycles. The van der Waals surface area contributed by atoms with Crippen molar-refractivity contribution in [3.8, 4) is 5.75 Å². The lowest BCUT2D eigenvalue weighted by Gasteiger charge is -2.48. The van der Waals surface area contributed by atoms with E-state index in [9.17, 15) is 34.8 Å². The van der Waals surface area contributed by atoms with Crippen molar-refractivity contribution < 1.29 is 39.5 Å². The zero-order chi connectivity index (χ0) is 30.2. The zero-order valence-corrected chi connectivity index (χ0v) is 23.4. The largest absolute Gasteiger partial charge is 0.507 e. The summed E-state index contributed by atoms with van der Waals surface area (Å²) in [6, 6.07) is 7.34. The summed E-state index contributed by atoms with van der Waals surface area (Å²) in [5, 5.41) is 51.1. The van der Waals surface area contributed by atoms with Crippen LogP contribution in [0, 0.1) is 6.92 Å². The van der Waals surface area contributed by atoms with Crippen molar-refractivity contribution >= 4 is 23.5 Å². The summed E-state index contributed by atoms with van der Waals surface area (Å²) in [6.07, 6.45) is -1.51. The average molecular weight is 559 g/mol. The molecule has 6 atom stereocenters. The maximum absolute atomic E-state index is 13.0. The fraction of sp³-hybridized carbons (Fsp3) is 0.464. The Balaban J connectivity index is 2.13. The van der Waals surface area contributed by atoms with Gasteiger partial charge in [-0.1, -0.05) is 24.3 Å². The van der Waals surface area contributed by atoms with E-state index in [0.29, 0.717) is 16.8 Å². The number of carbonyl (C=O) groups excluding carboxylic acids is 3. The van der Waals surface area contributed by atoms with Gasteiger partial charge in [-0.15, -0.1) is 0 Å². The Hall–Kier alpha value is -3.71. The number of aliphatic hydroxyl groups is 3. The number of Topliss-reactive ketones (excluding diaryl/α,β-unsaturated/α-hetero) is 1. The normalized spacial score (nSPS) is 28.4. The summed E-state index contributed by atoms with van der Waals surface area (Å²) in [5.41, 5.74) is 0.728. The van der Waals surface area contributed by atoms with E-state index in [2.05, 4.69) is 10.6 Å². The summed E-state index contributed by atoms with van der Waals surface area (Å²) >= 11 is 0. The number of aliphatic hydroxyl groups excluding tert-OH is 1. The summed E-state index contributed by atoms with van der Waals surface area (Å²) in [6.45, 7) is 4.62. The number of nitrogens with one attached hydrogen (secondary N) is 2. The van der Waals surface area contributed by atoms with Crippen molar-refractivity contribution in [2.45, 2.75) is 62.6 Å². The Morgan fingerprint density at radius 1 is 1.15 bits per heavy atom. The quantitative estimate of drug-likeness (QED) is 0.179. The highest BCUT2D eigenvalue weighted by Gasteiger charge is 2.76. The van der Waals surface area contributed by atoms with Gasteiger partial charge in [0.1, 0.15) is 29.1 Å². The van der Waals surface area contributed by atoms with E-state index in [1.54, 1.807) is 37.3 Å². The fourth-order valence-electron chi connectivity index (χ4n) is 5.44. The highest BCUT2D eigenvalue weighted by Crippen LogP contribution is 2.49. The van der Waals surface area contributed by atoms with Crippen LogP contribution in [0.3, 0.4) is 0 Å². The molecule has 0 heterocycles. The number of anilines is 1. The SMILES string of the molecule is CC(=O)c1cccc(N[C@H]2[C@H](N)[C@](NC(=O)N(C)C)([C@@H](C)O)[C@@](C)(O)[C@]2(O)COC(=O)c2c(C)cccc2O)c1. The number of phenols is 1. The predicted octanol–water partition coefficient (Wildman–Crippen LogP) is 0.755. The molecule has 8 N–H and O–H groups in total. The van der Waals surface area contributed by atoms with Crippen LogP contribution in [0.4, 0.5) is 10.5 Å². The van der Waals surface area contributed by atoms with Crippen LogP contribution in [-0.4, -0.2) is 98.7 Å². The Morgan fingerprint density at radius 2 is 1.77 bits per heavy atom. The Labute approximate surface area is 232 Å². The van der Waals surface area contributed by atoms with Gasteiger partial charge in [0.15, 0.2) is 11.4 Å². The number of nitrogens with two attached hydrogens (primary N) is 1. The minimum Gasteiger partial charge on any atom is -0.507 e. The van der Waals surface area contributed by atoms with Gasteiger partial charge < -0.3 is 46.4 Å². The second-order valence-electron chi connectivity index (χ2n) is 10.7. The van der Waals surface area contributed by atoms with Crippen molar-refractivity contribution in [3.63, 3.8) is 0 Å². The van der Waals surface area contributed by atoms with Crippen LogP contribution in [0.15, 0.2) is 42.5 Å². The van der Waals surface area contributed by atoms with E-state index >= 15 is 0 Å². The average Bonchev–Trinajstić information content (AvgIpc) is 2.99.